The molecule has 2 aromatic rings. The van der Waals surface area contributed by atoms with Gasteiger partial charge in [-0.3, -0.25) is 9.59 Å². The zero-order valence-corrected chi connectivity index (χ0v) is 18.1. The van der Waals surface area contributed by atoms with Crippen LogP contribution >= 0.6 is 11.8 Å². The molecular weight excluding hydrogens is 448 g/mol. The third kappa shape index (κ3) is 3.09. The molecule has 3 aliphatic rings. The third-order valence-electron chi connectivity index (χ3n) is 5.92. The molecule has 10 heteroatoms. The van der Waals surface area contributed by atoms with Gasteiger partial charge in [0.15, 0.2) is 11.5 Å². The van der Waals surface area contributed by atoms with Crippen molar-refractivity contribution in [2.75, 3.05) is 11.5 Å². The quantitative estimate of drug-likeness (QED) is 0.395. The van der Waals surface area contributed by atoms with Crippen LogP contribution in [0.3, 0.4) is 0 Å². The molecule has 0 unspecified atom stereocenters. The zero-order chi connectivity index (χ0) is 23.4. The van der Waals surface area contributed by atoms with Gasteiger partial charge in [-0.2, -0.15) is 0 Å². The van der Waals surface area contributed by atoms with Crippen LogP contribution in [0.1, 0.15) is 28.8 Å². The maximum atomic E-state index is 13.6. The van der Waals surface area contributed by atoms with Gasteiger partial charge in [0.2, 0.25) is 11.8 Å². The SMILES string of the molecule is CCOc1cccc2c1OC(=O)C1=C(N)S[C@@H]3C(=O)N(c4ccc(C(=O)O)cc4)C(=O)[C@H]3[C@H]12. The normalized spacial score (nSPS) is 23.6. The molecule has 0 aliphatic carbocycles. The van der Waals surface area contributed by atoms with Crippen LogP contribution in [0.15, 0.2) is 53.1 Å². The first-order chi connectivity index (χ1) is 15.8. The van der Waals surface area contributed by atoms with E-state index >= 15 is 0 Å². The van der Waals surface area contributed by atoms with E-state index in [1.54, 1.807) is 25.1 Å². The second-order valence-corrected chi connectivity index (χ2v) is 8.86. The number of carbonyl (C=O) groups excluding carboxylic acids is 3. The van der Waals surface area contributed by atoms with E-state index < -0.39 is 40.8 Å². The molecule has 3 atom stereocenters. The number of nitrogens with zero attached hydrogens (tertiary/aromatic N) is 1. The van der Waals surface area contributed by atoms with Crippen LogP contribution in [0, 0.1) is 5.92 Å². The number of imide groups is 1. The lowest BCUT2D eigenvalue weighted by molar-refractivity contribution is -0.132. The summed E-state index contributed by atoms with van der Waals surface area (Å²) in [7, 11) is 0. The van der Waals surface area contributed by atoms with Crippen LogP contribution in [-0.4, -0.2) is 40.7 Å². The number of hydrogen-bond donors (Lipinski definition) is 2. The van der Waals surface area contributed by atoms with Gasteiger partial charge in [0, 0.05) is 11.5 Å². The van der Waals surface area contributed by atoms with Crippen molar-refractivity contribution >= 4 is 41.2 Å². The fraction of sp³-hybridized carbons (Fsp3) is 0.217. The van der Waals surface area contributed by atoms with E-state index in [-0.39, 0.29) is 27.6 Å². The number of carboxylic acids is 1. The summed E-state index contributed by atoms with van der Waals surface area (Å²) in [4.78, 5) is 52.0. The molecule has 0 spiro atoms. The number of para-hydroxylation sites is 1. The van der Waals surface area contributed by atoms with E-state index in [2.05, 4.69) is 0 Å². The molecule has 0 radical (unpaired) electrons. The number of thioether (sulfide) groups is 1. The number of anilines is 1. The smallest absolute Gasteiger partial charge is 0.342 e. The molecule has 3 aliphatic heterocycles. The lowest BCUT2D eigenvalue weighted by atomic mass is 9.77. The van der Waals surface area contributed by atoms with Crippen LogP contribution in [0.4, 0.5) is 5.69 Å². The number of benzene rings is 2. The average Bonchev–Trinajstić information content (AvgIpc) is 3.04. The Morgan fingerprint density at radius 2 is 1.88 bits per heavy atom. The minimum atomic E-state index is -1.12. The first-order valence-corrected chi connectivity index (χ1v) is 11.1. The molecule has 0 saturated carbocycles. The van der Waals surface area contributed by atoms with Crippen molar-refractivity contribution in [1.29, 1.82) is 0 Å². The fourth-order valence-electron chi connectivity index (χ4n) is 4.53. The van der Waals surface area contributed by atoms with Crippen molar-refractivity contribution in [2.24, 2.45) is 11.7 Å². The number of hydrogen-bond acceptors (Lipinski definition) is 8. The molecule has 9 nitrogen and oxygen atoms in total. The molecule has 5 rings (SSSR count). The number of carbonyl (C=O) groups is 4. The predicted octanol–water partition coefficient (Wildman–Crippen LogP) is 2.26. The highest BCUT2D eigenvalue weighted by atomic mass is 32.2. The molecule has 2 amide bonds. The van der Waals surface area contributed by atoms with Crippen molar-refractivity contribution in [3.05, 3.63) is 64.2 Å². The highest BCUT2D eigenvalue weighted by molar-refractivity contribution is 8.04. The summed E-state index contributed by atoms with van der Waals surface area (Å²) in [5.41, 5.74) is 7.20. The molecule has 0 bridgehead atoms. The summed E-state index contributed by atoms with van der Waals surface area (Å²) in [5.74, 6) is -3.81. The summed E-state index contributed by atoms with van der Waals surface area (Å²) in [6.07, 6.45) is 0. The molecule has 0 aromatic heterocycles. The molecule has 1 saturated heterocycles. The zero-order valence-electron chi connectivity index (χ0n) is 17.3. The highest BCUT2D eigenvalue weighted by Crippen LogP contribution is 2.56. The first-order valence-electron chi connectivity index (χ1n) is 10.2. The maximum absolute atomic E-state index is 13.6. The molecule has 168 valence electrons. The summed E-state index contributed by atoms with van der Waals surface area (Å²) >= 11 is 0.973. The standard InChI is InChI=1S/C23H18N2O7S/c1-2-31-13-5-3-4-12-14-15-18(33-19(24)16(14)23(30)32-17(12)13)21(27)25(20(15)26)11-8-6-10(7-9-11)22(28)29/h3-9,14-15,18H,2,24H2,1H3,(H,28,29)/t14-,15+,18+/m1/s1. The van der Waals surface area contributed by atoms with Gasteiger partial charge in [0.1, 0.15) is 5.25 Å². The molecule has 2 aromatic carbocycles. The fourth-order valence-corrected chi connectivity index (χ4v) is 5.77. The summed E-state index contributed by atoms with van der Waals surface area (Å²) in [5, 5.41) is 8.43. The Labute approximate surface area is 192 Å². The molecular formula is C23H18N2O7S. The number of aromatic carboxylic acids is 1. The van der Waals surface area contributed by atoms with Gasteiger partial charge in [-0.25, -0.2) is 14.5 Å². The van der Waals surface area contributed by atoms with E-state index in [1.165, 1.54) is 24.3 Å². The van der Waals surface area contributed by atoms with Gasteiger partial charge in [-0.05, 0) is 37.3 Å². The Balaban J connectivity index is 1.61. The van der Waals surface area contributed by atoms with Crippen LogP contribution in [0.25, 0.3) is 0 Å². The topological polar surface area (TPSA) is 136 Å². The van der Waals surface area contributed by atoms with Gasteiger partial charge in [0.05, 0.1) is 34.4 Å². The maximum Gasteiger partial charge on any atom is 0.342 e. The Morgan fingerprint density at radius 3 is 2.55 bits per heavy atom. The van der Waals surface area contributed by atoms with Gasteiger partial charge < -0.3 is 20.3 Å². The lowest BCUT2D eigenvalue weighted by Gasteiger charge is -2.36. The minimum absolute atomic E-state index is 0.0326. The monoisotopic (exact) mass is 466 g/mol. The highest BCUT2D eigenvalue weighted by Gasteiger charge is 2.58. The van der Waals surface area contributed by atoms with Crippen LogP contribution in [-0.2, 0) is 14.4 Å². The molecule has 1 fully saturated rings. The second-order valence-electron chi connectivity index (χ2n) is 7.68. The van der Waals surface area contributed by atoms with Crippen LogP contribution in [0.2, 0.25) is 0 Å². The second kappa shape index (κ2) is 7.66. The minimum Gasteiger partial charge on any atom is -0.490 e. The van der Waals surface area contributed by atoms with E-state index in [0.29, 0.717) is 17.9 Å². The molecule has 33 heavy (non-hydrogen) atoms. The number of fused-ring (bicyclic) bond motifs is 5. The number of nitrogens with two attached hydrogens (primary N) is 1. The molecule has 3 heterocycles. The van der Waals surface area contributed by atoms with Crippen LogP contribution in [0.5, 0.6) is 11.5 Å². The van der Waals surface area contributed by atoms with Crippen molar-refractivity contribution in [1.82, 2.24) is 0 Å². The summed E-state index contributed by atoms with van der Waals surface area (Å²) in [6, 6.07) is 10.6. The Morgan fingerprint density at radius 1 is 1.15 bits per heavy atom. The number of ether oxygens (including phenoxy) is 2. The largest absolute Gasteiger partial charge is 0.490 e. The van der Waals surface area contributed by atoms with E-state index in [9.17, 15) is 19.2 Å². The summed E-state index contributed by atoms with van der Waals surface area (Å²) in [6.45, 7) is 2.15. The Hall–Kier alpha value is -3.79. The number of esters is 1. The van der Waals surface area contributed by atoms with Crippen molar-refractivity contribution in [2.45, 2.75) is 18.1 Å². The van der Waals surface area contributed by atoms with Gasteiger partial charge in [0.25, 0.3) is 0 Å². The van der Waals surface area contributed by atoms with Crippen molar-refractivity contribution < 1.29 is 33.8 Å². The number of carboxylic acid groups (broad SMARTS) is 1. The Bertz CT molecular complexity index is 1250. The van der Waals surface area contributed by atoms with Gasteiger partial charge in [-0.15, -0.1) is 0 Å². The molecule has 3 N–H and O–H groups in total. The third-order valence-corrected chi connectivity index (χ3v) is 7.14. The van der Waals surface area contributed by atoms with E-state index in [4.69, 9.17) is 20.3 Å². The predicted molar refractivity (Wildman–Crippen MR) is 118 cm³/mol. The van der Waals surface area contributed by atoms with Crippen molar-refractivity contribution in [3.8, 4) is 11.5 Å². The van der Waals surface area contributed by atoms with Gasteiger partial charge in [-0.1, -0.05) is 23.9 Å². The average molecular weight is 466 g/mol. The Kier molecular flexibility index (Phi) is 4.89. The van der Waals surface area contributed by atoms with E-state index in [1.807, 2.05) is 0 Å². The summed E-state index contributed by atoms with van der Waals surface area (Å²) < 4.78 is 11.1. The van der Waals surface area contributed by atoms with E-state index in [0.717, 1.165) is 16.7 Å². The first kappa shape index (κ1) is 21.1. The van der Waals surface area contributed by atoms with Crippen molar-refractivity contribution in [3.63, 3.8) is 0 Å². The van der Waals surface area contributed by atoms with Crippen LogP contribution < -0.4 is 20.1 Å². The number of rotatable bonds is 4. The lowest BCUT2D eigenvalue weighted by Crippen LogP contribution is -2.39. The number of amides is 2. The van der Waals surface area contributed by atoms with Gasteiger partial charge >= 0.3 is 11.9 Å².